The molecule has 2 aromatic heterocycles. The number of nitrogens with zero attached hydrogens (tertiary/aromatic N) is 4. The van der Waals surface area contributed by atoms with Gasteiger partial charge in [-0.05, 0) is 65.3 Å². The topological polar surface area (TPSA) is 95.5 Å². The number of benzene rings is 2. The summed E-state index contributed by atoms with van der Waals surface area (Å²) in [6, 6.07) is 21.4. The van der Waals surface area contributed by atoms with Crippen molar-refractivity contribution in [2.24, 2.45) is 4.99 Å². The Labute approximate surface area is 216 Å². The number of alkyl halides is 1. The molecule has 1 aliphatic heterocycles. The lowest BCUT2D eigenvalue weighted by Gasteiger charge is -2.33. The second-order valence-corrected chi connectivity index (χ2v) is 9.16. The zero-order valence-electron chi connectivity index (χ0n) is 19.0. The molecule has 9 heteroatoms. The quantitative estimate of drug-likeness (QED) is 0.187. The van der Waals surface area contributed by atoms with E-state index in [1.165, 1.54) is 11.8 Å². The van der Waals surface area contributed by atoms with Gasteiger partial charge < -0.3 is 4.74 Å². The predicted octanol–water partition coefficient (Wildman–Crippen LogP) is 4.77. The third kappa shape index (κ3) is 4.90. The van der Waals surface area contributed by atoms with Crippen LogP contribution >= 0.6 is 22.6 Å². The number of carbonyl (C=O) groups excluding carboxylic acids is 1. The Morgan fingerprint density at radius 3 is 2.74 bits per heavy atom. The summed E-state index contributed by atoms with van der Waals surface area (Å²) in [7, 11) is 1.63. The van der Waals surface area contributed by atoms with E-state index < -0.39 is 0 Å². The first-order valence-corrected chi connectivity index (χ1v) is 12.4. The molecule has 5 rings (SSSR count). The minimum absolute atomic E-state index is 0.279. The Morgan fingerprint density at radius 1 is 1.11 bits per heavy atom. The number of halogens is 1. The van der Waals surface area contributed by atoms with Crippen molar-refractivity contribution in [2.75, 3.05) is 7.11 Å². The number of fused-ring (bicyclic) bond motifs is 1. The Balaban J connectivity index is 1.51. The number of aryl methyl sites for hydroxylation is 2. The van der Waals surface area contributed by atoms with E-state index in [4.69, 9.17) is 9.73 Å². The molecule has 0 aliphatic carbocycles. The number of hydrazine groups is 1. The van der Waals surface area contributed by atoms with Crippen LogP contribution in [0, 0.1) is 0 Å². The number of aromatic amines is 1. The van der Waals surface area contributed by atoms with Gasteiger partial charge in [0.05, 0.1) is 18.4 Å². The SMILES string of the molecule is COc1cccc(C2=Nc3c(n[nH]c3CCc3ccccc3)C(I)N2NC(=O)c2cccnc2)c1. The number of aliphatic imine (C=N–C) groups is 1. The highest BCUT2D eigenvalue weighted by molar-refractivity contribution is 14.1. The number of pyridine rings is 1. The predicted molar refractivity (Wildman–Crippen MR) is 142 cm³/mol. The van der Waals surface area contributed by atoms with Crippen molar-refractivity contribution in [3.63, 3.8) is 0 Å². The molecular formula is C26H23IN6O2. The third-order valence-electron chi connectivity index (χ3n) is 5.72. The van der Waals surface area contributed by atoms with Crippen LogP contribution in [0.15, 0.2) is 84.1 Å². The lowest BCUT2D eigenvalue weighted by atomic mass is 10.1. The molecule has 176 valence electrons. The molecule has 0 spiro atoms. The van der Waals surface area contributed by atoms with Crippen LogP contribution in [-0.2, 0) is 12.8 Å². The van der Waals surface area contributed by atoms with Crippen molar-refractivity contribution >= 4 is 40.0 Å². The summed E-state index contributed by atoms with van der Waals surface area (Å²) in [5, 5.41) is 9.50. The van der Waals surface area contributed by atoms with Gasteiger partial charge in [-0.15, -0.1) is 0 Å². The first kappa shape index (κ1) is 23.0. The second kappa shape index (κ2) is 10.3. The first-order valence-electron chi connectivity index (χ1n) is 11.1. The molecule has 1 amide bonds. The Bertz CT molecular complexity index is 1360. The minimum atomic E-state index is -0.288. The van der Waals surface area contributed by atoms with Crippen LogP contribution in [0.25, 0.3) is 0 Å². The number of hydrogen-bond acceptors (Lipinski definition) is 6. The van der Waals surface area contributed by atoms with Crippen molar-refractivity contribution in [3.8, 4) is 5.75 Å². The third-order valence-corrected chi connectivity index (χ3v) is 6.87. The van der Waals surface area contributed by atoms with E-state index >= 15 is 0 Å². The fraction of sp³-hybridized carbons (Fsp3) is 0.154. The van der Waals surface area contributed by atoms with E-state index in [1.54, 1.807) is 30.4 Å². The Morgan fingerprint density at radius 2 is 1.97 bits per heavy atom. The van der Waals surface area contributed by atoms with Crippen molar-refractivity contribution in [2.45, 2.75) is 16.9 Å². The summed E-state index contributed by atoms with van der Waals surface area (Å²) < 4.78 is 5.15. The number of amides is 1. The lowest BCUT2D eigenvalue weighted by molar-refractivity contribution is 0.0864. The molecule has 0 fully saturated rings. The summed E-state index contributed by atoms with van der Waals surface area (Å²) in [6.07, 6.45) is 4.81. The molecule has 0 saturated heterocycles. The average Bonchev–Trinajstić information content (AvgIpc) is 3.33. The van der Waals surface area contributed by atoms with Gasteiger partial charge in [-0.2, -0.15) is 5.10 Å². The minimum Gasteiger partial charge on any atom is -0.497 e. The standard InChI is InChI=1S/C26H23IN6O2/c1-35-20-11-5-9-18(15-20)25-29-22-21(13-12-17-7-3-2-4-8-17)30-31-23(22)24(27)33(25)32-26(34)19-10-6-14-28-16-19/h2-11,14-16,24H,12-13H2,1H3,(H,30,31)(H,32,34). The first-order chi connectivity index (χ1) is 17.1. The molecule has 3 heterocycles. The van der Waals surface area contributed by atoms with Gasteiger partial charge >= 0.3 is 0 Å². The largest absolute Gasteiger partial charge is 0.497 e. The number of nitrogens with one attached hydrogen (secondary N) is 2. The van der Waals surface area contributed by atoms with Gasteiger partial charge in [0.15, 0.2) is 5.84 Å². The lowest BCUT2D eigenvalue weighted by Crippen LogP contribution is -2.48. The van der Waals surface area contributed by atoms with E-state index in [0.29, 0.717) is 17.1 Å². The summed E-state index contributed by atoms with van der Waals surface area (Å²) in [5.74, 6) is 1.03. The number of amidine groups is 1. The maximum absolute atomic E-state index is 13.0. The molecule has 8 nitrogen and oxygen atoms in total. The molecule has 35 heavy (non-hydrogen) atoms. The van der Waals surface area contributed by atoms with Crippen molar-refractivity contribution in [3.05, 3.63) is 107 Å². The van der Waals surface area contributed by atoms with E-state index in [1.807, 2.05) is 42.5 Å². The molecule has 0 radical (unpaired) electrons. The smallest absolute Gasteiger partial charge is 0.271 e. The van der Waals surface area contributed by atoms with Gasteiger partial charge in [0.25, 0.3) is 5.91 Å². The molecule has 1 aliphatic rings. The number of rotatable bonds is 7. The van der Waals surface area contributed by atoms with Crippen LogP contribution in [0.2, 0.25) is 0 Å². The number of hydrogen-bond donors (Lipinski definition) is 2. The van der Waals surface area contributed by atoms with Crippen molar-refractivity contribution in [1.29, 1.82) is 0 Å². The maximum atomic E-state index is 13.0. The van der Waals surface area contributed by atoms with Crippen molar-refractivity contribution < 1.29 is 9.53 Å². The van der Waals surface area contributed by atoms with Crippen LogP contribution in [-0.4, -0.2) is 39.0 Å². The summed E-state index contributed by atoms with van der Waals surface area (Å²) in [5.41, 5.74) is 8.07. The monoisotopic (exact) mass is 578 g/mol. The number of carbonyl (C=O) groups is 1. The number of methoxy groups -OCH3 is 1. The van der Waals surface area contributed by atoms with Gasteiger partial charge in [-0.1, -0.05) is 42.5 Å². The highest BCUT2D eigenvalue weighted by atomic mass is 127. The molecule has 1 atom stereocenters. The zero-order valence-corrected chi connectivity index (χ0v) is 21.1. The molecule has 2 aromatic carbocycles. The number of H-pyrrole nitrogens is 1. The Kier molecular flexibility index (Phi) is 6.75. The Hall–Kier alpha value is -3.73. The van der Waals surface area contributed by atoms with Gasteiger partial charge in [0, 0.05) is 18.0 Å². The average molecular weight is 578 g/mol. The van der Waals surface area contributed by atoms with Gasteiger partial charge in [0.1, 0.15) is 21.2 Å². The molecule has 1 unspecified atom stereocenters. The van der Waals surface area contributed by atoms with Crippen LogP contribution in [0.3, 0.4) is 0 Å². The summed E-state index contributed by atoms with van der Waals surface area (Å²) in [4.78, 5) is 22.1. The molecule has 0 bridgehead atoms. The van der Waals surface area contributed by atoms with Gasteiger partial charge in [-0.25, -0.2) is 10.0 Å². The highest BCUT2D eigenvalue weighted by Crippen LogP contribution is 2.40. The highest BCUT2D eigenvalue weighted by Gasteiger charge is 2.34. The molecule has 0 saturated carbocycles. The summed E-state index contributed by atoms with van der Waals surface area (Å²) >= 11 is 2.28. The molecule has 2 N–H and O–H groups in total. The van der Waals surface area contributed by atoms with E-state index in [2.05, 4.69) is 55.3 Å². The van der Waals surface area contributed by atoms with Crippen LogP contribution < -0.4 is 10.2 Å². The molecular weight excluding hydrogens is 555 g/mol. The summed E-state index contributed by atoms with van der Waals surface area (Å²) in [6.45, 7) is 0. The zero-order chi connectivity index (χ0) is 24.2. The second-order valence-electron chi connectivity index (χ2n) is 7.98. The molecule has 4 aromatic rings. The van der Waals surface area contributed by atoms with Crippen LogP contribution in [0.5, 0.6) is 5.75 Å². The van der Waals surface area contributed by atoms with Crippen LogP contribution in [0.1, 0.15) is 36.9 Å². The van der Waals surface area contributed by atoms with Crippen molar-refractivity contribution in [1.82, 2.24) is 25.6 Å². The van der Waals surface area contributed by atoms with E-state index in [-0.39, 0.29) is 9.96 Å². The van der Waals surface area contributed by atoms with Gasteiger partial charge in [-0.3, -0.25) is 20.3 Å². The normalized spacial score (nSPS) is 14.7. The number of aromatic nitrogens is 3. The maximum Gasteiger partial charge on any atom is 0.271 e. The van der Waals surface area contributed by atoms with Crippen LogP contribution in [0.4, 0.5) is 5.69 Å². The fourth-order valence-corrected chi connectivity index (χ4v) is 4.74. The number of ether oxygens (including phenoxy) is 1. The van der Waals surface area contributed by atoms with Gasteiger partial charge in [0.2, 0.25) is 0 Å². The fourth-order valence-electron chi connectivity index (χ4n) is 3.90. The van der Waals surface area contributed by atoms with E-state index in [9.17, 15) is 4.79 Å². The van der Waals surface area contributed by atoms with E-state index in [0.717, 1.165) is 35.5 Å².